The first kappa shape index (κ1) is 16.6. The lowest BCUT2D eigenvalue weighted by Gasteiger charge is -2.19. The van der Waals surface area contributed by atoms with Crippen molar-refractivity contribution in [2.75, 3.05) is 34.9 Å². The number of nitrogens with zero attached hydrogens (tertiary/aromatic N) is 1. The molecule has 0 radical (unpaired) electrons. The molecule has 23 heavy (non-hydrogen) atoms. The van der Waals surface area contributed by atoms with E-state index in [9.17, 15) is 9.59 Å². The Morgan fingerprint density at radius 1 is 1.04 bits per heavy atom. The summed E-state index contributed by atoms with van der Waals surface area (Å²) in [6.45, 7) is -0.134. The lowest BCUT2D eigenvalue weighted by molar-refractivity contribution is -0.141. The Hall–Kier alpha value is -2.76. The Kier molecular flexibility index (Phi) is 5.05. The maximum atomic E-state index is 12.8. The van der Waals surface area contributed by atoms with Crippen LogP contribution in [0.2, 0.25) is 0 Å². The van der Waals surface area contributed by atoms with Crippen molar-refractivity contribution in [1.29, 1.82) is 0 Å². The third kappa shape index (κ3) is 3.36. The van der Waals surface area contributed by atoms with Crippen molar-refractivity contribution in [1.82, 2.24) is 4.90 Å². The van der Waals surface area contributed by atoms with E-state index in [1.165, 1.54) is 19.1 Å². The van der Waals surface area contributed by atoms with Crippen LogP contribution >= 0.6 is 0 Å². The second-order valence-corrected chi connectivity index (χ2v) is 4.97. The van der Waals surface area contributed by atoms with Gasteiger partial charge in [-0.05, 0) is 35.0 Å². The molecular weight excluding hydrogens is 298 g/mol. The Morgan fingerprint density at radius 2 is 1.78 bits per heavy atom. The maximum absolute atomic E-state index is 12.8. The Balaban J connectivity index is 2.52. The van der Waals surface area contributed by atoms with Gasteiger partial charge < -0.3 is 19.1 Å². The van der Waals surface area contributed by atoms with Crippen molar-refractivity contribution < 1.29 is 23.8 Å². The number of esters is 1. The molecule has 6 nitrogen and oxygen atoms in total. The van der Waals surface area contributed by atoms with Crippen LogP contribution in [0.4, 0.5) is 0 Å². The summed E-state index contributed by atoms with van der Waals surface area (Å²) >= 11 is 0. The summed E-state index contributed by atoms with van der Waals surface area (Å²) in [5, 5.41) is 1.58. The van der Waals surface area contributed by atoms with Crippen LogP contribution in [0.15, 0.2) is 30.3 Å². The number of carbonyl (C=O) groups excluding carboxylic acids is 2. The van der Waals surface area contributed by atoms with Gasteiger partial charge in [-0.15, -0.1) is 0 Å². The first-order chi connectivity index (χ1) is 11.0. The number of methoxy groups -OCH3 is 3. The van der Waals surface area contributed by atoms with Gasteiger partial charge in [-0.25, -0.2) is 0 Å². The molecule has 0 aliphatic carbocycles. The highest BCUT2D eigenvalue weighted by Gasteiger charge is 2.22. The molecule has 0 unspecified atom stereocenters. The van der Waals surface area contributed by atoms with Crippen molar-refractivity contribution in [3.63, 3.8) is 0 Å². The normalized spacial score (nSPS) is 10.3. The third-order valence-corrected chi connectivity index (χ3v) is 3.56. The van der Waals surface area contributed by atoms with Crippen molar-refractivity contribution in [3.8, 4) is 11.5 Å². The minimum atomic E-state index is -0.485. The van der Waals surface area contributed by atoms with Crippen molar-refractivity contribution in [2.24, 2.45) is 0 Å². The van der Waals surface area contributed by atoms with Crippen LogP contribution in [0.1, 0.15) is 10.4 Å². The molecule has 0 aliphatic heterocycles. The second kappa shape index (κ2) is 7.00. The summed E-state index contributed by atoms with van der Waals surface area (Å²) in [6, 6.07) is 9.00. The molecule has 0 aliphatic rings. The smallest absolute Gasteiger partial charge is 0.325 e. The standard InChI is InChI=1S/C17H19NO5/c1-18(10-15(19)23-4)17(20)16-13-7-6-12(21-2)9-11(13)5-8-14(16)22-3/h5-9H,10H2,1-4H3. The minimum absolute atomic E-state index is 0.134. The quantitative estimate of drug-likeness (QED) is 0.790. The number of rotatable bonds is 5. The highest BCUT2D eigenvalue weighted by Crippen LogP contribution is 2.31. The van der Waals surface area contributed by atoms with E-state index < -0.39 is 5.97 Å². The predicted octanol–water partition coefficient (Wildman–Crippen LogP) is 2.10. The molecule has 2 aromatic rings. The van der Waals surface area contributed by atoms with E-state index >= 15 is 0 Å². The van der Waals surface area contributed by atoms with Gasteiger partial charge in [0.15, 0.2) is 0 Å². The molecule has 0 saturated heterocycles. The van der Waals surface area contributed by atoms with Gasteiger partial charge in [-0.2, -0.15) is 0 Å². The predicted molar refractivity (Wildman–Crippen MR) is 86.0 cm³/mol. The Labute approximate surface area is 134 Å². The monoisotopic (exact) mass is 317 g/mol. The van der Waals surface area contributed by atoms with Gasteiger partial charge in [0.05, 0.1) is 26.9 Å². The molecule has 2 rings (SSSR count). The number of ether oxygens (including phenoxy) is 3. The van der Waals surface area contributed by atoms with Crippen LogP contribution in [0.25, 0.3) is 10.8 Å². The summed E-state index contributed by atoms with van der Waals surface area (Å²) < 4.78 is 15.1. The number of benzene rings is 2. The number of amides is 1. The lowest BCUT2D eigenvalue weighted by atomic mass is 10.0. The molecule has 0 N–H and O–H groups in total. The van der Waals surface area contributed by atoms with Crippen LogP contribution in [0.3, 0.4) is 0 Å². The zero-order chi connectivity index (χ0) is 17.0. The number of hydrogen-bond donors (Lipinski definition) is 0. The van der Waals surface area contributed by atoms with Crippen LogP contribution in [-0.2, 0) is 9.53 Å². The van der Waals surface area contributed by atoms with Crippen LogP contribution < -0.4 is 9.47 Å². The molecule has 0 fully saturated rings. The van der Waals surface area contributed by atoms with Crippen LogP contribution in [0.5, 0.6) is 11.5 Å². The van der Waals surface area contributed by atoms with E-state index in [0.717, 1.165) is 10.8 Å². The van der Waals surface area contributed by atoms with Gasteiger partial charge in [0.2, 0.25) is 0 Å². The van der Waals surface area contributed by atoms with Gasteiger partial charge in [-0.3, -0.25) is 9.59 Å². The molecular formula is C17H19NO5. The van der Waals surface area contributed by atoms with Gasteiger partial charge >= 0.3 is 5.97 Å². The average molecular weight is 317 g/mol. The lowest BCUT2D eigenvalue weighted by Crippen LogP contribution is -2.33. The highest BCUT2D eigenvalue weighted by atomic mass is 16.5. The molecule has 0 atom stereocenters. The topological polar surface area (TPSA) is 65.1 Å². The maximum Gasteiger partial charge on any atom is 0.325 e. The summed E-state index contributed by atoms with van der Waals surface area (Å²) in [5.74, 6) is 0.345. The minimum Gasteiger partial charge on any atom is -0.497 e. The van der Waals surface area contributed by atoms with Crippen LogP contribution in [0, 0.1) is 0 Å². The fraction of sp³-hybridized carbons (Fsp3) is 0.294. The molecule has 0 aromatic heterocycles. The zero-order valence-corrected chi connectivity index (χ0v) is 13.6. The van der Waals surface area contributed by atoms with Gasteiger partial charge in [-0.1, -0.05) is 6.07 Å². The van der Waals surface area contributed by atoms with E-state index in [4.69, 9.17) is 9.47 Å². The van der Waals surface area contributed by atoms with Crippen molar-refractivity contribution in [2.45, 2.75) is 0 Å². The van der Waals surface area contributed by atoms with Crippen LogP contribution in [-0.4, -0.2) is 51.7 Å². The Bertz CT molecular complexity index is 741. The highest BCUT2D eigenvalue weighted by molar-refractivity contribution is 6.10. The zero-order valence-electron chi connectivity index (χ0n) is 13.6. The summed E-state index contributed by atoms with van der Waals surface area (Å²) in [6.07, 6.45) is 0. The fourth-order valence-electron chi connectivity index (χ4n) is 2.33. The molecule has 122 valence electrons. The Morgan fingerprint density at radius 3 is 2.39 bits per heavy atom. The fourth-order valence-corrected chi connectivity index (χ4v) is 2.33. The van der Waals surface area contributed by atoms with Gasteiger partial charge in [0.1, 0.15) is 18.0 Å². The largest absolute Gasteiger partial charge is 0.497 e. The van der Waals surface area contributed by atoms with Crippen molar-refractivity contribution in [3.05, 3.63) is 35.9 Å². The molecule has 0 saturated carbocycles. The molecule has 0 spiro atoms. The van der Waals surface area contributed by atoms with Gasteiger partial charge in [0.25, 0.3) is 5.91 Å². The number of carbonyl (C=O) groups is 2. The number of likely N-dealkylation sites (N-methyl/N-ethyl adjacent to an activating group) is 1. The molecule has 1 amide bonds. The third-order valence-electron chi connectivity index (χ3n) is 3.56. The van der Waals surface area contributed by atoms with E-state index in [1.807, 2.05) is 12.1 Å². The van der Waals surface area contributed by atoms with Gasteiger partial charge in [0, 0.05) is 7.05 Å². The molecule has 2 aromatic carbocycles. The molecule has 0 bridgehead atoms. The SMILES string of the molecule is COC(=O)CN(C)C(=O)c1c(OC)ccc2cc(OC)ccc12. The van der Waals surface area contributed by atoms with Crippen molar-refractivity contribution >= 4 is 22.6 Å². The first-order valence-corrected chi connectivity index (χ1v) is 6.98. The molecule has 6 heteroatoms. The van der Waals surface area contributed by atoms with E-state index in [-0.39, 0.29) is 12.5 Å². The molecule has 0 heterocycles. The summed E-state index contributed by atoms with van der Waals surface area (Å²) in [4.78, 5) is 25.4. The first-order valence-electron chi connectivity index (χ1n) is 6.98. The average Bonchev–Trinajstić information content (AvgIpc) is 2.59. The second-order valence-electron chi connectivity index (χ2n) is 4.97. The van der Waals surface area contributed by atoms with E-state index in [1.54, 1.807) is 32.4 Å². The van der Waals surface area contributed by atoms with E-state index in [2.05, 4.69) is 4.74 Å². The summed E-state index contributed by atoms with van der Waals surface area (Å²) in [5.41, 5.74) is 0.402. The summed E-state index contributed by atoms with van der Waals surface area (Å²) in [7, 11) is 5.91. The number of fused-ring (bicyclic) bond motifs is 1. The van der Waals surface area contributed by atoms with E-state index in [0.29, 0.717) is 17.1 Å². The number of hydrogen-bond acceptors (Lipinski definition) is 5.